The predicted octanol–water partition coefficient (Wildman–Crippen LogP) is 4.28. The molecule has 5 heteroatoms. The zero-order valence-corrected chi connectivity index (χ0v) is 16.3. The molecule has 28 heavy (non-hydrogen) atoms. The van der Waals surface area contributed by atoms with Gasteiger partial charge in [0.25, 0.3) is 0 Å². The molecule has 1 heterocycles. The number of hydrogen-bond donors (Lipinski definition) is 1. The van der Waals surface area contributed by atoms with Crippen LogP contribution in [0.1, 0.15) is 48.2 Å². The highest BCUT2D eigenvalue weighted by atomic mass is 19.1. The van der Waals surface area contributed by atoms with E-state index in [4.69, 9.17) is 0 Å². The number of carbonyl (C=O) groups excluding carboxylic acids is 1. The monoisotopic (exact) mass is 383 g/mol. The zero-order valence-electron chi connectivity index (χ0n) is 16.3. The van der Waals surface area contributed by atoms with Gasteiger partial charge in [-0.15, -0.1) is 0 Å². The van der Waals surface area contributed by atoms with Gasteiger partial charge in [0.05, 0.1) is 11.0 Å². The van der Waals surface area contributed by atoms with Gasteiger partial charge in [-0.25, -0.2) is 9.18 Å². The number of rotatable bonds is 5. The summed E-state index contributed by atoms with van der Waals surface area (Å²) in [4.78, 5) is 26.3. The van der Waals surface area contributed by atoms with Crippen molar-refractivity contribution in [3.05, 3.63) is 71.0 Å². The number of piperidine rings is 1. The average molecular weight is 383 g/mol. The summed E-state index contributed by atoms with van der Waals surface area (Å²) in [5, 5.41) is 9.35. The van der Waals surface area contributed by atoms with Crippen molar-refractivity contribution in [3.63, 3.8) is 0 Å². The first-order chi connectivity index (χ1) is 13.3. The van der Waals surface area contributed by atoms with Crippen LogP contribution in [0.3, 0.4) is 0 Å². The predicted molar refractivity (Wildman–Crippen MR) is 106 cm³/mol. The molecule has 0 bridgehead atoms. The Morgan fingerprint density at radius 1 is 1.07 bits per heavy atom. The number of benzene rings is 2. The lowest BCUT2D eigenvalue weighted by atomic mass is 9.81. The van der Waals surface area contributed by atoms with Gasteiger partial charge < -0.3 is 10.0 Å². The second-order valence-electron chi connectivity index (χ2n) is 8.01. The molecule has 3 rings (SSSR count). The molecule has 0 aliphatic carbocycles. The van der Waals surface area contributed by atoms with Crippen molar-refractivity contribution in [2.24, 2.45) is 5.92 Å². The standard InChI is InChI=1S/C23H26FNO3/c1-23(2,19-9-5-6-10-20(19)24)22(28)25-13-11-16(12-14-25)15-17-7-3-4-8-18(17)21(26)27/h3-10,16H,11-15H2,1-2H3,(H,26,27). The van der Waals surface area contributed by atoms with E-state index in [0.717, 1.165) is 18.4 Å². The van der Waals surface area contributed by atoms with Crippen LogP contribution in [0.5, 0.6) is 0 Å². The first kappa shape index (κ1) is 20.1. The van der Waals surface area contributed by atoms with E-state index in [2.05, 4.69) is 0 Å². The first-order valence-corrected chi connectivity index (χ1v) is 9.66. The number of amides is 1. The van der Waals surface area contributed by atoms with Gasteiger partial charge in [0, 0.05) is 18.7 Å². The lowest BCUT2D eigenvalue weighted by Crippen LogP contribution is -2.47. The minimum Gasteiger partial charge on any atom is -0.478 e. The molecule has 1 aliphatic rings. The number of carboxylic acid groups (broad SMARTS) is 1. The van der Waals surface area contributed by atoms with Crippen LogP contribution in [0, 0.1) is 11.7 Å². The Morgan fingerprint density at radius 2 is 1.68 bits per heavy atom. The SMILES string of the molecule is CC(C)(C(=O)N1CCC(Cc2ccccc2C(=O)O)CC1)c1ccccc1F. The van der Waals surface area contributed by atoms with Crippen LogP contribution in [0.2, 0.25) is 0 Å². The van der Waals surface area contributed by atoms with Gasteiger partial charge in [-0.3, -0.25) is 4.79 Å². The number of halogens is 1. The Labute approximate surface area is 165 Å². The highest BCUT2D eigenvalue weighted by molar-refractivity contribution is 5.89. The second kappa shape index (κ2) is 8.13. The normalized spacial score (nSPS) is 15.5. The van der Waals surface area contributed by atoms with Crippen molar-refractivity contribution in [3.8, 4) is 0 Å². The van der Waals surface area contributed by atoms with E-state index in [-0.39, 0.29) is 11.7 Å². The van der Waals surface area contributed by atoms with Crippen LogP contribution in [-0.4, -0.2) is 35.0 Å². The van der Waals surface area contributed by atoms with E-state index >= 15 is 0 Å². The first-order valence-electron chi connectivity index (χ1n) is 9.66. The average Bonchev–Trinajstić information content (AvgIpc) is 2.68. The van der Waals surface area contributed by atoms with Gasteiger partial charge >= 0.3 is 5.97 Å². The van der Waals surface area contributed by atoms with Gasteiger partial charge in [-0.2, -0.15) is 0 Å². The third-order valence-electron chi connectivity index (χ3n) is 5.74. The summed E-state index contributed by atoms with van der Waals surface area (Å²) in [6, 6.07) is 13.5. The Morgan fingerprint density at radius 3 is 2.32 bits per heavy atom. The van der Waals surface area contributed by atoms with E-state index in [9.17, 15) is 19.1 Å². The van der Waals surface area contributed by atoms with Gasteiger partial charge in [0.1, 0.15) is 5.82 Å². The number of hydrogen-bond acceptors (Lipinski definition) is 2. The van der Waals surface area contributed by atoms with Gasteiger partial charge in [0.15, 0.2) is 0 Å². The minimum absolute atomic E-state index is 0.0676. The van der Waals surface area contributed by atoms with Crippen LogP contribution < -0.4 is 0 Å². The number of carbonyl (C=O) groups is 2. The number of likely N-dealkylation sites (tertiary alicyclic amines) is 1. The molecule has 148 valence electrons. The van der Waals surface area contributed by atoms with Crippen molar-refractivity contribution in [2.45, 2.75) is 38.5 Å². The summed E-state index contributed by atoms with van der Waals surface area (Å²) in [6.45, 7) is 4.75. The Kier molecular flexibility index (Phi) is 5.82. The molecule has 2 aromatic rings. The van der Waals surface area contributed by atoms with Gasteiger partial charge in [-0.05, 0) is 56.7 Å². The molecule has 1 amide bonds. The third-order valence-corrected chi connectivity index (χ3v) is 5.74. The fourth-order valence-electron chi connectivity index (χ4n) is 4.04. The smallest absolute Gasteiger partial charge is 0.335 e. The van der Waals surface area contributed by atoms with Crippen molar-refractivity contribution < 1.29 is 19.1 Å². The number of aromatic carboxylic acids is 1. The highest BCUT2D eigenvalue weighted by Crippen LogP contribution is 2.31. The van der Waals surface area contributed by atoms with Crippen molar-refractivity contribution in [1.82, 2.24) is 4.90 Å². The molecular weight excluding hydrogens is 357 g/mol. The van der Waals surface area contributed by atoms with Gasteiger partial charge in [-0.1, -0.05) is 36.4 Å². The van der Waals surface area contributed by atoms with E-state index in [1.807, 2.05) is 17.0 Å². The lowest BCUT2D eigenvalue weighted by molar-refractivity contribution is -0.137. The van der Waals surface area contributed by atoms with E-state index in [1.165, 1.54) is 6.07 Å². The van der Waals surface area contributed by atoms with Crippen molar-refractivity contribution in [2.75, 3.05) is 13.1 Å². The topological polar surface area (TPSA) is 57.6 Å². The summed E-state index contributed by atoms with van der Waals surface area (Å²) in [5.41, 5.74) is 0.680. The highest BCUT2D eigenvalue weighted by Gasteiger charge is 2.37. The molecule has 0 aromatic heterocycles. The Hall–Kier alpha value is -2.69. The van der Waals surface area contributed by atoms with E-state index < -0.39 is 11.4 Å². The molecule has 0 saturated carbocycles. The second-order valence-corrected chi connectivity index (χ2v) is 8.01. The summed E-state index contributed by atoms with van der Waals surface area (Å²) < 4.78 is 14.2. The Balaban J connectivity index is 1.65. The molecule has 0 unspecified atom stereocenters. The fraction of sp³-hybridized carbons (Fsp3) is 0.391. The van der Waals surface area contributed by atoms with Crippen molar-refractivity contribution >= 4 is 11.9 Å². The summed E-state index contributed by atoms with van der Waals surface area (Å²) in [7, 11) is 0. The summed E-state index contributed by atoms with van der Waals surface area (Å²) >= 11 is 0. The lowest BCUT2D eigenvalue weighted by Gasteiger charge is -2.37. The molecule has 0 atom stereocenters. The quantitative estimate of drug-likeness (QED) is 0.838. The Bertz CT molecular complexity index is 870. The van der Waals surface area contributed by atoms with Crippen LogP contribution in [0.15, 0.2) is 48.5 Å². The molecule has 2 aromatic carbocycles. The van der Waals surface area contributed by atoms with Gasteiger partial charge in [0.2, 0.25) is 5.91 Å². The van der Waals surface area contributed by atoms with Crippen LogP contribution >= 0.6 is 0 Å². The maximum absolute atomic E-state index is 14.2. The molecule has 1 N–H and O–H groups in total. The van der Waals surface area contributed by atoms with E-state index in [0.29, 0.717) is 36.6 Å². The fourth-order valence-corrected chi connectivity index (χ4v) is 4.04. The molecule has 0 radical (unpaired) electrons. The summed E-state index contributed by atoms with van der Waals surface area (Å²) in [6.07, 6.45) is 2.32. The maximum atomic E-state index is 14.2. The summed E-state index contributed by atoms with van der Waals surface area (Å²) in [5.74, 6) is -1.00. The van der Waals surface area contributed by atoms with Crippen LogP contribution in [0.25, 0.3) is 0 Å². The molecule has 4 nitrogen and oxygen atoms in total. The van der Waals surface area contributed by atoms with E-state index in [1.54, 1.807) is 44.2 Å². The number of nitrogens with zero attached hydrogens (tertiary/aromatic N) is 1. The minimum atomic E-state index is -0.923. The zero-order chi connectivity index (χ0) is 20.3. The van der Waals surface area contributed by atoms with Crippen molar-refractivity contribution in [1.29, 1.82) is 0 Å². The molecule has 1 fully saturated rings. The van der Waals surface area contributed by atoms with Crippen LogP contribution in [-0.2, 0) is 16.6 Å². The number of carboxylic acids is 1. The molecule has 1 aliphatic heterocycles. The van der Waals surface area contributed by atoms with Crippen LogP contribution in [0.4, 0.5) is 4.39 Å². The maximum Gasteiger partial charge on any atom is 0.335 e. The largest absolute Gasteiger partial charge is 0.478 e. The molecule has 0 spiro atoms. The third kappa shape index (κ3) is 4.08. The molecular formula is C23H26FNO3. The molecule has 1 saturated heterocycles.